The highest BCUT2D eigenvalue weighted by Gasteiger charge is 2.49. The van der Waals surface area contributed by atoms with Crippen LogP contribution >= 0.6 is 0 Å². The average molecular weight is 603 g/mol. The summed E-state index contributed by atoms with van der Waals surface area (Å²) in [5.74, 6) is 1.77. The SMILES string of the molecule is Cc1cc(C2(c3cc(C)c(OCC(C)CO)c(C)c3)c3ccccc3-c3nc4ccccc4nc32)cc(C)c1OCC(C)CO. The maximum absolute atomic E-state index is 9.58. The molecule has 5 aromatic rings. The third-order valence-electron chi connectivity index (χ3n) is 8.95. The fraction of sp³-hybridized carbons (Fsp3) is 0.333. The van der Waals surface area contributed by atoms with Crippen LogP contribution in [0, 0.1) is 39.5 Å². The van der Waals surface area contributed by atoms with Crippen LogP contribution in [0.5, 0.6) is 11.5 Å². The zero-order valence-electron chi connectivity index (χ0n) is 27.0. The summed E-state index contributed by atoms with van der Waals surface area (Å²) in [4.78, 5) is 10.6. The molecule has 0 saturated heterocycles. The predicted octanol–water partition coefficient (Wildman–Crippen LogP) is 7.24. The lowest BCUT2D eigenvalue weighted by atomic mass is 9.68. The summed E-state index contributed by atoms with van der Waals surface area (Å²) in [6, 6.07) is 25.5. The summed E-state index contributed by atoms with van der Waals surface area (Å²) in [6.07, 6.45) is 0. The van der Waals surface area contributed by atoms with E-state index < -0.39 is 5.41 Å². The number of nitrogens with zero attached hydrogens (tertiary/aromatic N) is 2. The van der Waals surface area contributed by atoms with Crippen molar-refractivity contribution in [3.8, 4) is 22.8 Å². The van der Waals surface area contributed by atoms with Crippen molar-refractivity contribution in [1.29, 1.82) is 0 Å². The highest BCUT2D eigenvalue weighted by atomic mass is 16.5. The van der Waals surface area contributed by atoms with E-state index in [-0.39, 0.29) is 25.0 Å². The van der Waals surface area contributed by atoms with Gasteiger partial charge in [0.1, 0.15) is 11.5 Å². The average Bonchev–Trinajstić information content (AvgIpc) is 3.32. The number of para-hydroxylation sites is 2. The molecule has 6 nitrogen and oxygen atoms in total. The van der Waals surface area contributed by atoms with E-state index in [1.165, 1.54) is 0 Å². The summed E-state index contributed by atoms with van der Waals surface area (Å²) in [6.45, 7) is 13.4. The number of hydrogen-bond donors (Lipinski definition) is 2. The minimum absolute atomic E-state index is 0.0407. The van der Waals surface area contributed by atoms with Crippen LogP contribution in [0.2, 0.25) is 0 Å². The number of aryl methyl sites for hydroxylation is 4. The molecule has 6 heteroatoms. The van der Waals surface area contributed by atoms with E-state index in [1.807, 2.05) is 38.1 Å². The van der Waals surface area contributed by atoms with Crippen molar-refractivity contribution < 1.29 is 19.7 Å². The molecule has 0 spiro atoms. The summed E-state index contributed by atoms with van der Waals surface area (Å²) >= 11 is 0. The number of ether oxygens (including phenoxy) is 2. The van der Waals surface area contributed by atoms with Gasteiger partial charge in [-0.05, 0) is 78.8 Å². The molecule has 0 saturated carbocycles. The van der Waals surface area contributed by atoms with E-state index in [2.05, 4.69) is 76.2 Å². The molecular formula is C39H42N2O4. The topological polar surface area (TPSA) is 84.7 Å². The minimum Gasteiger partial charge on any atom is -0.493 e. The molecule has 0 bridgehead atoms. The van der Waals surface area contributed by atoms with Gasteiger partial charge in [-0.25, -0.2) is 9.97 Å². The standard InChI is InChI=1S/C39H42N2O4/c1-23(19-42)21-44-36-25(3)15-29(16-26(36)4)39(30-17-27(5)37(28(6)18-30)45-22-24(2)20-43)32-12-8-7-11-31(32)35-38(39)41-34-14-10-9-13-33(34)40-35/h7-18,23-24,42-43H,19-22H2,1-6H3. The zero-order valence-corrected chi connectivity index (χ0v) is 27.0. The summed E-state index contributed by atoms with van der Waals surface area (Å²) in [7, 11) is 0. The van der Waals surface area contributed by atoms with Crippen LogP contribution in [0.3, 0.4) is 0 Å². The Bertz CT molecular complexity index is 1770. The van der Waals surface area contributed by atoms with Crippen LogP contribution in [0.4, 0.5) is 0 Å². The van der Waals surface area contributed by atoms with E-state index in [4.69, 9.17) is 19.4 Å². The van der Waals surface area contributed by atoms with Crippen LogP contribution < -0.4 is 9.47 Å². The van der Waals surface area contributed by atoms with Crippen LogP contribution in [0.25, 0.3) is 22.3 Å². The number of fused-ring (bicyclic) bond motifs is 4. The quantitative estimate of drug-likeness (QED) is 0.172. The van der Waals surface area contributed by atoms with Crippen molar-refractivity contribution in [3.63, 3.8) is 0 Å². The smallest absolute Gasteiger partial charge is 0.125 e. The van der Waals surface area contributed by atoms with Crippen molar-refractivity contribution in [3.05, 3.63) is 117 Å². The first-order valence-corrected chi connectivity index (χ1v) is 15.8. The van der Waals surface area contributed by atoms with Crippen molar-refractivity contribution in [2.24, 2.45) is 11.8 Å². The lowest BCUT2D eigenvalue weighted by Gasteiger charge is -2.34. The number of benzene rings is 4. The van der Waals surface area contributed by atoms with Gasteiger partial charge in [0.2, 0.25) is 0 Å². The van der Waals surface area contributed by atoms with E-state index >= 15 is 0 Å². The van der Waals surface area contributed by atoms with E-state index in [0.29, 0.717) is 13.2 Å². The van der Waals surface area contributed by atoms with Gasteiger partial charge in [-0.15, -0.1) is 0 Å². The third-order valence-corrected chi connectivity index (χ3v) is 8.95. The number of rotatable bonds is 10. The van der Waals surface area contributed by atoms with E-state index in [0.717, 1.165) is 78.4 Å². The zero-order chi connectivity index (χ0) is 31.9. The summed E-state index contributed by atoms with van der Waals surface area (Å²) in [5.41, 5.74) is 11.3. The van der Waals surface area contributed by atoms with Crippen LogP contribution in [-0.4, -0.2) is 46.6 Å². The normalized spacial score (nSPS) is 16.7. The Balaban J connectivity index is 1.64. The number of hydrogen-bond acceptors (Lipinski definition) is 6. The fourth-order valence-electron chi connectivity index (χ4n) is 6.69. The molecule has 0 amide bonds. The molecule has 2 atom stereocenters. The highest BCUT2D eigenvalue weighted by Crippen LogP contribution is 2.56. The molecule has 6 rings (SSSR count). The Morgan fingerprint density at radius 2 is 1.09 bits per heavy atom. The molecule has 0 fully saturated rings. The largest absolute Gasteiger partial charge is 0.493 e. The van der Waals surface area contributed by atoms with Crippen LogP contribution in [-0.2, 0) is 5.41 Å². The van der Waals surface area contributed by atoms with Gasteiger partial charge in [-0.3, -0.25) is 0 Å². The van der Waals surface area contributed by atoms with Gasteiger partial charge >= 0.3 is 0 Å². The fourth-order valence-corrected chi connectivity index (χ4v) is 6.69. The van der Waals surface area contributed by atoms with Gasteiger partial charge in [0.15, 0.2) is 0 Å². The molecule has 1 aromatic heterocycles. The van der Waals surface area contributed by atoms with E-state index in [9.17, 15) is 10.2 Å². The van der Waals surface area contributed by atoms with Gasteiger partial charge in [0, 0.05) is 30.6 Å². The summed E-state index contributed by atoms with van der Waals surface area (Å²) < 4.78 is 12.5. The summed E-state index contributed by atoms with van der Waals surface area (Å²) in [5, 5.41) is 19.2. The molecule has 2 unspecified atom stereocenters. The molecule has 0 radical (unpaired) electrons. The molecule has 45 heavy (non-hydrogen) atoms. The number of aliphatic hydroxyl groups excluding tert-OH is 2. The highest BCUT2D eigenvalue weighted by molar-refractivity contribution is 5.88. The van der Waals surface area contributed by atoms with Gasteiger partial charge in [0.05, 0.1) is 41.1 Å². The van der Waals surface area contributed by atoms with Crippen molar-refractivity contribution >= 4 is 11.0 Å². The molecule has 0 aliphatic heterocycles. The Hall–Kier alpha value is -4.26. The van der Waals surface area contributed by atoms with E-state index in [1.54, 1.807) is 0 Å². The molecule has 1 aliphatic rings. The number of aromatic nitrogens is 2. The second kappa shape index (κ2) is 12.3. The van der Waals surface area contributed by atoms with Crippen molar-refractivity contribution in [2.75, 3.05) is 26.4 Å². The molecular weight excluding hydrogens is 560 g/mol. The van der Waals surface area contributed by atoms with Crippen molar-refractivity contribution in [1.82, 2.24) is 9.97 Å². The van der Waals surface area contributed by atoms with Crippen LogP contribution in [0.15, 0.2) is 72.8 Å². The lowest BCUT2D eigenvalue weighted by Crippen LogP contribution is -2.30. The Labute approximate surface area is 265 Å². The second-order valence-corrected chi connectivity index (χ2v) is 12.8. The predicted molar refractivity (Wildman–Crippen MR) is 179 cm³/mol. The van der Waals surface area contributed by atoms with Gasteiger partial charge in [-0.2, -0.15) is 0 Å². The lowest BCUT2D eigenvalue weighted by molar-refractivity contribution is 0.173. The van der Waals surface area contributed by atoms with Gasteiger partial charge in [0.25, 0.3) is 0 Å². The molecule has 1 aliphatic carbocycles. The maximum Gasteiger partial charge on any atom is 0.125 e. The van der Waals surface area contributed by atoms with Gasteiger partial charge < -0.3 is 19.7 Å². The van der Waals surface area contributed by atoms with Gasteiger partial charge in [-0.1, -0.05) is 74.5 Å². The third kappa shape index (κ3) is 5.26. The monoisotopic (exact) mass is 602 g/mol. The molecule has 2 N–H and O–H groups in total. The first-order valence-electron chi connectivity index (χ1n) is 15.8. The number of aliphatic hydroxyl groups is 2. The first kappa shape index (κ1) is 30.8. The van der Waals surface area contributed by atoms with Crippen molar-refractivity contribution in [2.45, 2.75) is 47.0 Å². The Kier molecular flexibility index (Phi) is 8.38. The maximum atomic E-state index is 9.58. The molecule has 1 heterocycles. The molecule has 4 aromatic carbocycles. The second-order valence-electron chi connectivity index (χ2n) is 12.8. The first-order chi connectivity index (χ1) is 21.7. The minimum atomic E-state index is -0.748. The Morgan fingerprint density at radius 1 is 0.644 bits per heavy atom. The van der Waals surface area contributed by atoms with Crippen LogP contribution in [0.1, 0.15) is 58.5 Å². The molecule has 232 valence electrons. The Morgan fingerprint density at radius 3 is 1.58 bits per heavy atom.